The first-order chi connectivity index (χ1) is 12.9. The summed E-state index contributed by atoms with van der Waals surface area (Å²) < 4.78 is 30.2. The number of sulfone groups is 1. The van der Waals surface area contributed by atoms with E-state index in [9.17, 15) is 18.0 Å². The Bertz CT molecular complexity index is 942. The number of hydrogen-bond acceptors (Lipinski definition) is 5. The van der Waals surface area contributed by atoms with Crippen molar-refractivity contribution < 1.29 is 27.9 Å². The number of ether oxygens (including phenoxy) is 1. The maximum atomic E-state index is 12.7. The molecule has 1 atom stereocenters. The minimum absolute atomic E-state index is 0.0410. The lowest BCUT2D eigenvalue weighted by atomic mass is 10.1. The molecule has 0 unspecified atom stereocenters. The Hall–Kier alpha value is -2.71. The lowest BCUT2D eigenvalue weighted by molar-refractivity contribution is -0.154. The van der Waals surface area contributed by atoms with E-state index < -0.39 is 21.9 Å². The number of aliphatic carboxylic acids is 1. The average Bonchev–Trinajstić information content (AvgIpc) is 2.68. The Morgan fingerprint density at radius 3 is 2.56 bits per heavy atom. The first-order valence-corrected chi connectivity index (χ1v) is 10.0. The van der Waals surface area contributed by atoms with Gasteiger partial charge in [-0.25, -0.2) is 13.2 Å². The Balaban J connectivity index is 1.77. The maximum Gasteiger partial charge on any atom is 0.334 e. The highest BCUT2D eigenvalue weighted by Gasteiger charge is 2.29. The van der Waals surface area contributed by atoms with Crippen LogP contribution >= 0.6 is 0 Å². The highest BCUT2D eigenvalue weighted by atomic mass is 32.2. The molecule has 3 rings (SSSR count). The Morgan fingerprint density at radius 1 is 1.11 bits per heavy atom. The summed E-state index contributed by atoms with van der Waals surface area (Å²) in [6, 6.07) is 14.5. The van der Waals surface area contributed by atoms with Crippen LogP contribution in [0.4, 0.5) is 0 Å². The van der Waals surface area contributed by atoms with Gasteiger partial charge >= 0.3 is 5.97 Å². The average molecular weight is 389 g/mol. The van der Waals surface area contributed by atoms with Gasteiger partial charge in [0.05, 0.1) is 23.8 Å². The van der Waals surface area contributed by atoms with Gasteiger partial charge in [0.15, 0.2) is 15.9 Å². The largest absolute Gasteiger partial charge is 0.479 e. The third-order valence-corrected chi connectivity index (χ3v) is 5.97. The van der Waals surface area contributed by atoms with E-state index in [1.165, 1.54) is 23.1 Å². The number of benzene rings is 2. The van der Waals surface area contributed by atoms with Crippen LogP contribution in [0.25, 0.3) is 0 Å². The van der Waals surface area contributed by atoms with Gasteiger partial charge in [0.1, 0.15) is 0 Å². The summed E-state index contributed by atoms with van der Waals surface area (Å²) in [4.78, 5) is 25.4. The fraction of sp³-hybridized carbons (Fsp3) is 0.263. The van der Waals surface area contributed by atoms with E-state index in [-0.39, 0.29) is 36.3 Å². The molecule has 8 heteroatoms. The van der Waals surface area contributed by atoms with Gasteiger partial charge in [0.25, 0.3) is 5.91 Å². The molecule has 0 spiro atoms. The summed E-state index contributed by atoms with van der Waals surface area (Å²) in [5.74, 6) is -1.68. The summed E-state index contributed by atoms with van der Waals surface area (Å²) in [5, 5.41) is 9.06. The zero-order chi connectivity index (χ0) is 19.4. The first-order valence-electron chi connectivity index (χ1n) is 8.37. The van der Waals surface area contributed by atoms with Gasteiger partial charge in [-0.2, -0.15) is 0 Å². The molecule has 1 amide bonds. The SMILES string of the molecule is O=C(O)[C@H]1CN(C(=O)c2cccc(CS(=O)(=O)c3ccccc3)c2)CCO1. The number of nitrogens with zero attached hydrogens (tertiary/aromatic N) is 1. The molecular formula is C19H19NO6S. The molecule has 0 aliphatic carbocycles. The topological polar surface area (TPSA) is 101 Å². The molecular weight excluding hydrogens is 370 g/mol. The standard InChI is InChI=1S/C19H19NO6S/c21-18(20-9-10-26-17(12-20)19(22)23)15-6-4-5-14(11-15)13-27(24,25)16-7-2-1-3-8-16/h1-8,11,17H,9-10,12-13H2,(H,22,23)/t17-/m1/s1. The summed E-state index contributed by atoms with van der Waals surface area (Å²) in [6.07, 6.45) is -1.05. The highest BCUT2D eigenvalue weighted by Crippen LogP contribution is 2.18. The van der Waals surface area contributed by atoms with E-state index >= 15 is 0 Å². The minimum Gasteiger partial charge on any atom is -0.479 e. The lowest BCUT2D eigenvalue weighted by Gasteiger charge is -2.31. The molecule has 7 nitrogen and oxygen atoms in total. The molecule has 0 aromatic heterocycles. The van der Waals surface area contributed by atoms with Gasteiger partial charge in [0, 0.05) is 12.1 Å². The van der Waals surface area contributed by atoms with Crippen molar-refractivity contribution in [2.45, 2.75) is 16.8 Å². The van der Waals surface area contributed by atoms with Crippen LogP contribution in [0.3, 0.4) is 0 Å². The zero-order valence-corrected chi connectivity index (χ0v) is 15.3. The number of amides is 1. The Kier molecular flexibility index (Phi) is 5.57. The zero-order valence-electron chi connectivity index (χ0n) is 14.4. The number of carboxylic acids is 1. The molecule has 1 saturated heterocycles. The predicted octanol–water partition coefficient (Wildman–Crippen LogP) is 1.59. The molecule has 0 saturated carbocycles. The van der Waals surface area contributed by atoms with Crippen LogP contribution in [0.15, 0.2) is 59.5 Å². The summed E-state index contributed by atoms with van der Waals surface area (Å²) in [6.45, 7) is 0.390. The van der Waals surface area contributed by atoms with E-state index in [1.54, 1.807) is 36.4 Å². The Labute approximate surface area is 157 Å². The van der Waals surface area contributed by atoms with Crippen molar-refractivity contribution in [3.05, 3.63) is 65.7 Å². The second-order valence-electron chi connectivity index (χ2n) is 6.22. The molecule has 1 aliphatic heterocycles. The first kappa shape index (κ1) is 19.1. The number of rotatable bonds is 5. The van der Waals surface area contributed by atoms with Crippen molar-refractivity contribution in [1.29, 1.82) is 0 Å². The fourth-order valence-corrected chi connectivity index (χ4v) is 4.25. The summed E-state index contributed by atoms with van der Waals surface area (Å²) in [7, 11) is -3.52. The van der Waals surface area contributed by atoms with Crippen LogP contribution in [0.5, 0.6) is 0 Å². The number of carbonyl (C=O) groups excluding carboxylic acids is 1. The molecule has 0 bridgehead atoms. The summed E-state index contributed by atoms with van der Waals surface area (Å²) in [5.41, 5.74) is 0.814. The Morgan fingerprint density at radius 2 is 1.85 bits per heavy atom. The predicted molar refractivity (Wildman–Crippen MR) is 97.1 cm³/mol. The van der Waals surface area contributed by atoms with Gasteiger partial charge in [-0.05, 0) is 29.8 Å². The van der Waals surface area contributed by atoms with Crippen molar-refractivity contribution in [1.82, 2.24) is 4.90 Å². The number of hydrogen-bond donors (Lipinski definition) is 1. The van der Waals surface area contributed by atoms with Crippen LogP contribution in [0.2, 0.25) is 0 Å². The maximum absolute atomic E-state index is 12.7. The van der Waals surface area contributed by atoms with Crippen molar-refractivity contribution in [2.75, 3.05) is 19.7 Å². The van der Waals surface area contributed by atoms with Gasteiger partial charge in [-0.3, -0.25) is 4.79 Å². The monoisotopic (exact) mass is 389 g/mol. The number of carbonyl (C=O) groups is 2. The third kappa shape index (κ3) is 4.53. The van der Waals surface area contributed by atoms with Crippen molar-refractivity contribution in [2.24, 2.45) is 0 Å². The molecule has 1 fully saturated rings. The van der Waals surface area contributed by atoms with Gasteiger partial charge < -0.3 is 14.7 Å². The molecule has 2 aromatic carbocycles. The molecule has 2 aromatic rings. The number of carboxylic acid groups (broad SMARTS) is 1. The van der Waals surface area contributed by atoms with E-state index in [4.69, 9.17) is 9.84 Å². The highest BCUT2D eigenvalue weighted by molar-refractivity contribution is 7.90. The molecule has 142 valence electrons. The molecule has 27 heavy (non-hydrogen) atoms. The van der Waals surface area contributed by atoms with Gasteiger partial charge in [0.2, 0.25) is 0 Å². The van der Waals surface area contributed by atoms with E-state index in [0.717, 1.165) is 0 Å². The van der Waals surface area contributed by atoms with Crippen LogP contribution in [-0.4, -0.2) is 56.1 Å². The van der Waals surface area contributed by atoms with Crippen LogP contribution in [0, 0.1) is 0 Å². The summed E-state index contributed by atoms with van der Waals surface area (Å²) >= 11 is 0. The van der Waals surface area contributed by atoms with Crippen LogP contribution < -0.4 is 0 Å². The van der Waals surface area contributed by atoms with Gasteiger partial charge in [-0.15, -0.1) is 0 Å². The quantitative estimate of drug-likeness (QED) is 0.833. The van der Waals surface area contributed by atoms with Gasteiger partial charge in [-0.1, -0.05) is 30.3 Å². The lowest BCUT2D eigenvalue weighted by Crippen LogP contribution is -2.48. The van der Waals surface area contributed by atoms with E-state index in [2.05, 4.69) is 0 Å². The van der Waals surface area contributed by atoms with Crippen LogP contribution in [0.1, 0.15) is 15.9 Å². The van der Waals surface area contributed by atoms with E-state index in [1.807, 2.05) is 0 Å². The second-order valence-corrected chi connectivity index (χ2v) is 8.21. The fourth-order valence-electron chi connectivity index (χ4n) is 2.89. The van der Waals surface area contributed by atoms with Crippen molar-refractivity contribution >= 4 is 21.7 Å². The molecule has 1 aliphatic rings. The molecule has 0 radical (unpaired) electrons. The minimum atomic E-state index is -3.52. The van der Waals surface area contributed by atoms with Crippen LogP contribution in [-0.2, 0) is 25.1 Å². The smallest absolute Gasteiger partial charge is 0.334 e. The number of morpholine rings is 1. The molecule has 1 heterocycles. The van der Waals surface area contributed by atoms with Crippen molar-refractivity contribution in [3.8, 4) is 0 Å². The second kappa shape index (κ2) is 7.89. The van der Waals surface area contributed by atoms with Crippen molar-refractivity contribution in [3.63, 3.8) is 0 Å². The third-order valence-electron chi connectivity index (χ3n) is 4.26. The van der Waals surface area contributed by atoms with E-state index in [0.29, 0.717) is 11.1 Å². The normalized spacial score (nSPS) is 17.5. The molecule has 1 N–H and O–H groups in total.